The van der Waals surface area contributed by atoms with Crippen molar-refractivity contribution < 1.29 is 10.0 Å². The zero-order chi connectivity index (χ0) is 11.8. The van der Waals surface area contributed by atoms with Gasteiger partial charge in [0, 0.05) is 23.2 Å². The van der Waals surface area contributed by atoms with Crippen molar-refractivity contribution in [2.75, 3.05) is 0 Å². The molecule has 3 rings (SSSR count). The zero-order valence-electron chi connectivity index (χ0n) is 8.91. The molecule has 0 saturated carbocycles. The van der Waals surface area contributed by atoms with Gasteiger partial charge in [-0.3, -0.25) is 9.97 Å². The molecule has 0 radical (unpaired) electrons. The molecule has 4 nitrogen and oxygen atoms in total. The lowest BCUT2D eigenvalue weighted by atomic mass is 9.77. The average molecular weight is 224 g/mol. The van der Waals surface area contributed by atoms with Crippen LogP contribution in [0, 0.1) is 0 Å². The van der Waals surface area contributed by atoms with Crippen molar-refractivity contribution in [1.82, 2.24) is 9.97 Å². The van der Waals surface area contributed by atoms with Gasteiger partial charge in [0.25, 0.3) is 0 Å². The summed E-state index contributed by atoms with van der Waals surface area (Å²) >= 11 is 0. The molecule has 2 aromatic heterocycles. The highest BCUT2D eigenvalue weighted by molar-refractivity contribution is 6.62. The van der Waals surface area contributed by atoms with E-state index < -0.39 is 7.12 Å². The lowest BCUT2D eigenvalue weighted by molar-refractivity contribution is 0.426. The molecule has 17 heavy (non-hydrogen) atoms. The van der Waals surface area contributed by atoms with Crippen molar-refractivity contribution >= 4 is 34.4 Å². The first-order chi connectivity index (χ1) is 8.27. The van der Waals surface area contributed by atoms with Crippen LogP contribution in [-0.4, -0.2) is 27.1 Å². The van der Waals surface area contributed by atoms with Crippen molar-refractivity contribution in [3.63, 3.8) is 0 Å². The topological polar surface area (TPSA) is 66.2 Å². The molecule has 0 aliphatic carbocycles. The minimum Gasteiger partial charge on any atom is -0.423 e. The van der Waals surface area contributed by atoms with E-state index in [1.165, 1.54) is 0 Å². The van der Waals surface area contributed by atoms with E-state index in [1.54, 1.807) is 24.5 Å². The molecule has 2 heterocycles. The highest BCUT2D eigenvalue weighted by Crippen LogP contribution is 2.19. The molecule has 82 valence electrons. The number of hydrogen-bond acceptors (Lipinski definition) is 4. The van der Waals surface area contributed by atoms with Crippen molar-refractivity contribution in [2.24, 2.45) is 0 Å². The standard InChI is InChI=1S/C12H9BN2O2/c16-13(17)10-7-8-3-1-5-14-11(8)12-9(10)4-2-6-15-12/h1-7,16-17H. The van der Waals surface area contributed by atoms with Gasteiger partial charge in [-0.15, -0.1) is 0 Å². The fraction of sp³-hybridized carbons (Fsp3) is 0. The molecule has 1 aromatic carbocycles. The summed E-state index contributed by atoms with van der Waals surface area (Å²) in [6.07, 6.45) is 3.37. The van der Waals surface area contributed by atoms with Gasteiger partial charge in [0.15, 0.2) is 0 Å². The van der Waals surface area contributed by atoms with Crippen LogP contribution < -0.4 is 5.46 Å². The summed E-state index contributed by atoms with van der Waals surface area (Å²) in [5.41, 5.74) is 1.91. The highest BCUT2D eigenvalue weighted by atomic mass is 16.4. The molecule has 5 heteroatoms. The van der Waals surface area contributed by atoms with Gasteiger partial charge in [-0.05, 0) is 17.6 Å². The van der Waals surface area contributed by atoms with E-state index in [4.69, 9.17) is 0 Å². The second-order valence-electron chi connectivity index (χ2n) is 3.81. The van der Waals surface area contributed by atoms with Gasteiger partial charge < -0.3 is 10.0 Å². The number of aromatic nitrogens is 2. The molecule has 0 fully saturated rings. The Morgan fingerprint density at radius 2 is 1.65 bits per heavy atom. The van der Waals surface area contributed by atoms with Crippen LogP contribution in [0.3, 0.4) is 0 Å². The van der Waals surface area contributed by atoms with Crippen molar-refractivity contribution in [2.45, 2.75) is 0 Å². The third-order valence-electron chi connectivity index (χ3n) is 2.77. The molecule has 0 amide bonds. The maximum absolute atomic E-state index is 9.39. The smallest absolute Gasteiger partial charge is 0.423 e. The maximum Gasteiger partial charge on any atom is 0.489 e. The van der Waals surface area contributed by atoms with E-state index in [0.29, 0.717) is 16.4 Å². The van der Waals surface area contributed by atoms with Crippen LogP contribution in [0.2, 0.25) is 0 Å². The Labute approximate surface area is 97.7 Å². The SMILES string of the molecule is OB(O)c1cc2cccnc2c2ncccc12. The average Bonchev–Trinajstić information content (AvgIpc) is 2.37. The molecular weight excluding hydrogens is 215 g/mol. The molecule has 0 saturated heterocycles. The van der Waals surface area contributed by atoms with Gasteiger partial charge >= 0.3 is 7.12 Å². The summed E-state index contributed by atoms with van der Waals surface area (Å²) in [7, 11) is -1.51. The fourth-order valence-electron chi connectivity index (χ4n) is 2.02. The molecule has 0 spiro atoms. The normalized spacial score (nSPS) is 10.9. The van der Waals surface area contributed by atoms with Crippen LogP contribution in [0.25, 0.3) is 21.8 Å². The lowest BCUT2D eigenvalue weighted by Crippen LogP contribution is -2.30. The second-order valence-corrected chi connectivity index (χ2v) is 3.81. The summed E-state index contributed by atoms with van der Waals surface area (Å²) in [6, 6.07) is 9.00. The summed E-state index contributed by atoms with van der Waals surface area (Å²) in [4.78, 5) is 8.55. The maximum atomic E-state index is 9.39. The van der Waals surface area contributed by atoms with E-state index in [2.05, 4.69) is 9.97 Å². The minimum absolute atomic E-state index is 0.452. The van der Waals surface area contributed by atoms with Crippen molar-refractivity contribution in [3.05, 3.63) is 42.7 Å². The molecule has 0 aliphatic heterocycles. The second kappa shape index (κ2) is 3.80. The summed E-state index contributed by atoms with van der Waals surface area (Å²) in [5, 5.41) is 20.3. The van der Waals surface area contributed by atoms with E-state index in [9.17, 15) is 10.0 Å². The predicted octanol–water partition coefficient (Wildman–Crippen LogP) is 0.463. The number of hydrogen-bond donors (Lipinski definition) is 2. The van der Waals surface area contributed by atoms with E-state index in [1.807, 2.05) is 18.2 Å². The number of pyridine rings is 2. The Hall–Kier alpha value is -1.98. The van der Waals surface area contributed by atoms with Gasteiger partial charge in [0.05, 0.1) is 11.0 Å². The van der Waals surface area contributed by atoms with Gasteiger partial charge in [0.2, 0.25) is 0 Å². The third kappa shape index (κ3) is 1.56. The van der Waals surface area contributed by atoms with E-state index >= 15 is 0 Å². The molecular formula is C12H9BN2O2. The Balaban J connectivity index is 2.55. The molecule has 0 aliphatic rings. The largest absolute Gasteiger partial charge is 0.489 e. The molecule has 0 unspecified atom stereocenters. The van der Waals surface area contributed by atoms with E-state index in [0.717, 1.165) is 10.9 Å². The van der Waals surface area contributed by atoms with Crippen LogP contribution >= 0.6 is 0 Å². The van der Waals surface area contributed by atoms with Crippen molar-refractivity contribution in [3.8, 4) is 0 Å². The highest BCUT2D eigenvalue weighted by Gasteiger charge is 2.17. The number of rotatable bonds is 1. The van der Waals surface area contributed by atoms with Gasteiger partial charge in [-0.25, -0.2) is 0 Å². The molecule has 3 aromatic rings. The van der Waals surface area contributed by atoms with Crippen LogP contribution in [0.5, 0.6) is 0 Å². The Bertz CT molecular complexity index is 700. The third-order valence-corrected chi connectivity index (χ3v) is 2.77. The summed E-state index contributed by atoms with van der Waals surface area (Å²) in [6.45, 7) is 0. The zero-order valence-corrected chi connectivity index (χ0v) is 8.91. The van der Waals surface area contributed by atoms with Crippen LogP contribution in [-0.2, 0) is 0 Å². The Morgan fingerprint density at radius 1 is 0.941 bits per heavy atom. The van der Waals surface area contributed by atoms with Crippen molar-refractivity contribution in [1.29, 1.82) is 0 Å². The number of nitrogens with zero attached hydrogens (tertiary/aromatic N) is 2. The first-order valence-corrected chi connectivity index (χ1v) is 5.26. The quantitative estimate of drug-likeness (QED) is 0.465. The Kier molecular flexibility index (Phi) is 2.28. The fourth-order valence-corrected chi connectivity index (χ4v) is 2.02. The lowest BCUT2D eigenvalue weighted by Gasteiger charge is -2.07. The molecule has 0 atom stereocenters. The number of fused-ring (bicyclic) bond motifs is 3. The first kappa shape index (κ1) is 10.2. The van der Waals surface area contributed by atoms with Crippen LogP contribution in [0.1, 0.15) is 0 Å². The van der Waals surface area contributed by atoms with E-state index in [-0.39, 0.29) is 0 Å². The Morgan fingerprint density at radius 3 is 2.41 bits per heavy atom. The molecule has 0 bridgehead atoms. The minimum atomic E-state index is -1.51. The van der Waals surface area contributed by atoms with Gasteiger partial charge in [-0.1, -0.05) is 18.2 Å². The number of benzene rings is 1. The first-order valence-electron chi connectivity index (χ1n) is 5.26. The molecule has 2 N–H and O–H groups in total. The van der Waals surface area contributed by atoms with Gasteiger partial charge in [0.1, 0.15) is 0 Å². The van der Waals surface area contributed by atoms with Crippen LogP contribution in [0.15, 0.2) is 42.7 Å². The summed E-state index contributed by atoms with van der Waals surface area (Å²) in [5.74, 6) is 0. The monoisotopic (exact) mass is 224 g/mol. The van der Waals surface area contributed by atoms with Gasteiger partial charge in [-0.2, -0.15) is 0 Å². The van der Waals surface area contributed by atoms with Crippen LogP contribution in [0.4, 0.5) is 0 Å². The summed E-state index contributed by atoms with van der Waals surface area (Å²) < 4.78 is 0. The predicted molar refractivity (Wildman–Crippen MR) is 66.9 cm³/mol.